The van der Waals surface area contributed by atoms with Crippen molar-refractivity contribution >= 4 is 17.7 Å². The van der Waals surface area contributed by atoms with Crippen LogP contribution in [0.25, 0.3) is 0 Å². The van der Waals surface area contributed by atoms with E-state index in [1.807, 2.05) is 13.8 Å². The minimum absolute atomic E-state index is 0.275. The fraction of sp³-hybridized carbons (Fsp3) is 0.714. The first-order valence-corrected chi connectivity index (χ1v) is 8.31. The fourth-order valence-corrected chi connectivity index (χ4v) is 3.58. The van der Waals surface area contributed by atoms with E-state index in [4.69, 9.17) is 4.52 Å². The molecule has 0 aromatic carbocycles. The average Bonchev–Trinajstić information content (AvgIpc) is 2.87. The third-order valence-corrected chi connectivity index (χ3v) is 4.76. The summed E-state index contributed by atoms with van der Waals surface area (Å²) >= 11 is 1.78. The van der Waals surface area contributed by atoms with E-state index in [-0.39, 0.29) is 5.91 Å². The standard InChI is InChI=1S/C14H22N2O3S/c1-3-11-10(12(4-2)19-16-11)9-15-13(17)14(18)5-7-20-8-6-14/h18H,3-9H2,1-2H3,(H,15,17). The van der Waals surface area contributed by atoms with Crippen LogP contribution in [0.4, 0.5) is 0 Å². The van der Waals surface area contributed by atoms with Crippen molar-refractivity contribution in [2.24, 2.45) is 0 Å². The van der Waals surface area contributed by atoms with Gasteiger partial charge in [0.2, 0.25) is 0 Å². The Hall–Kier alpha value is -1.01. The van der Waals surface area contributed by atoms with Crippen LogP contribution in [0.5, 0.6) is 0 Å². The lowest BCUT2D eigenvalue weighted by molar-refractivity contribution is -0.140. The summed E-state index contributed by atoms with van der Waals surface area (Å²) < 4.78 is 5.27. The highest BCUT2D eigenvalue weighted by molar-refractivity contribution is 7.99. The first-order valence-electron chi connectivity index (χ1n) is 7.15. The minimum atomic E-state index is -1.21. The second-order valence-corrected chi connectivity index (χ2v) is 6.29. The number of nitrogens with one attached hydrogen (secondary N) is 1. The molecule has 1 aliphatic heterocycles. The molecule has 2 rings (SSSR count). The smallest absolute Gasteiger partial charge is 0.252 e. The first kappa shape index (κ1) is 15.4. The van der Waals surface area contributed by atoms with Gasteiger partial charge in [-0.2, -0.15) is 11.8 Å². The minimum Gasteiger partial charge on any atom is -0.380 e. The van der Waals surface area contributed by atoms with Crippen molar-refractivity contribution in [1.82, 2.24) is 10.5 Å². The van der Waals surface area contributed by atoms with E-state index in [1.165, 1.54) is 0 Å². The maximum Gasteiger partial charge on any atom is 0.252 e. The number of thioether (sulfide) groups is 1. The number of aromatic nitrogens is 1. The summed E-state index contributed by atoms with van der Waals surface area (Å²) in [4.78, 5) is 12.2. The number of carbonyl (C=O) groups is 1. The van der Waals surface area contributed by atoms with Gasteiger partial charge in [0.15, 0.2) is 0 Å². The number of hydrogen-bond acceptors (Lipinski definition) is 5. The molecular weight excluding hydrogens is 276 g/mol. The molecule has 0 atom stereocenters. The normalized spacial score (nSPS) is 17.9. The van der Waals surface area contributed by atoms with E-state index in [9.17, 15) is 9.90 Å². The van der Waals surface area contributed by atoms with Crippen molar-refractivity contribution in [3.8, 4) is 0 Å². The molecule has 0 bridgehead atoms. The third-order valence-electron chi connectivity index (χ3n) is 3.78. The van der Waals surface area contributed by atoms with Crippen LogP contribution in [-0.4, -0.2) is 33.3 Å². The number of carbonyl (C=O) groups excluding carboxylic acids is 1. The lowest BCUT2D eigenvalue weighted by Gasteiger charge is -2.30. The summed E-state index contributed by atoms with van der Waals surface area (Å²) in [5.41, 5.74) is 0.631. The molecule has 2 N–H and O–H groups in total. The molecule has 0 radical (unpaired) electrons. The quantitative estimate of drug-likeness (QED) is 0.865. The largest absolute Gasteiger partial charge is 0.380 e. The van der Waals surface area contributed by atoms with E-state index in [0.29, 0.717) is 19.4 Å². The summed E-state index contributed by atoms with van der Waals surface area (Å²) in [6.07, 6.45) is 2.57. The first-order chi connectivity index (χ1) is 9.60. The van der Waals surface area contributed by atoms with Gasteiger partial charge in [0.1, 0.15) is 11.4 Å². The topological polar surface area (TPSA) is 75.4 Å². The van der Waals surface area contributed by atoms with E-state index in [1.54, 1.807) is 11.8 Å². The highest BCUT2D eigenvalue weighted by Gasteiger charge is 2.37. The van der Waals surface area contributed by atoms with Crippen LogP contribution in [0.3, 0.4) is 0 Å². The van der Waals surface area contributed by atoms with Gasteiger partial charge in [0, 0.05) is 18.5 Å². The number of rotatable bonds is 5. The van der Waals surface area contributed by atoms with Crippen molar-refractivity contribution in [3.05, 3.63) is 17.0 Å². The molecule has 1 aliphatic rings. The van der Waals surface area contributed by atoms with Gasteiger partial charge in [-0.1, -0.05) is 19.0 Å². The summed E-state index contributed by atoms with van der Waals surface area (Å²) in [6, 6.07) is 0. The monoisotopic (exact) mass is 298 g/mol. The number of nitrogens with zero attached hydrogens (tertiary/aromatic N) is 1. The summed E-state index contributed by atoms with van der Waals surface area (Å²) in [6.45, 7) is 4.38. The molecule has 1 saturated heterocycles. The van der Waals surface area contributed by atoms with Crippen LogP contribution in [0.15, 0.2) is 4.52 Å². The SMILES string of the molecule is CCc1noc(CC)c1CNC(=O)C1(O)CCSCC1. The number of aryl methyl sites for hydroxylation is 2. The molecule has 0 aliphatic carbocycles. The highest BCUT2D eigenvalue weighted by atomic mass is 32.2. The van der Waals surface area contributed by atoms with Gasteiger partial charge in [-0.25, -0.2) is 0 Å². The van der Waals surface area contributed by atoms with Crippen molar-refractivity contribution in [3.63, 3.8) is 0 Å². The van der Waals surface area contributed by atoms with Gasteiger partial charge >= 0.3 is 0 Å². The number of amides is 1. The Balaban J connectivity index is 2.01. The van der Waals surface area contributed by atoms with Gasteiger partial charge < -0.3 is 14.9 Å². The molecule has 1 amide bonds. The molecule has 20 heavy (non-hydrogen) atoms. The van der Waals surface area contributed by atoms with Crippen molar-refractivity contribution in [2.75, 3.05) is 11.5 Å². The number of aliphatic hydroxyl groups is 1. The molecular formula is C14H22N2O3S. The van der Waals surface area contributed by atoms with Gasteiger partial charge in [0.25, 0.3) is 5.91 Å². The van der Waals surface area contributed by atoms with Crippen LogP contribution in [0, 0.1) is 0 Å². The lowest BCUT2D eigenvalue weighted by atomic mass is 9.95. The van der Waals surface area contributed by atoms with Gasteiger partial charge in [-0.05, 0) is 30.8 Å². The zero-order chi connectivity index (χ0) is 14.6. The second kappa shape index (κ2) is 6.63. The molecule has 112 valence electrons. The van der Waals surface area contributed by atoms with E-state index >= 15 is 0 Å². The van der Waals surface area contributed by atoms with Crippen LogP contribution in [0.2, 0.25) is 0 Å². The van der Waals surface area contributed by atoms with Crippen LogP contribution in [-0.2, 0) is 24.2 Å². The van der Waals surface area contributed by atoms with Gasteiger partial charge in [0.05, 0.1) is 5.69 Å². The molecule has 1 aromatic rings. The van der Waals surface area contributed by atoms with E-state index < -0.39 is 5.60 Å². The predicted molar refractivity (Wildman–Crippen MR) is 78.6 cm³/mol. The molecule has 1 fully saturated rings. The summed E-state index contributed by atoms with van der Waals surface area (Å²) in [5.74, 6) is 2.20. The third kappa shape index (κ3) is 3.17. The maximum absolute atomic E-state index is 12.2. The van der Waals surface area contributed by atoms with Crippen LogP contribution in [0.1, 0.15) is 43.7 Å². The molecule has 0 saturated carbocycles. The second-order valence-electron chi connectivity index (χ2n) is 5.06. The Kier molecular flexibility index (Phi) is 5.10. The molecule has 0 unspecified atom stereocenters. The maximum atomic E-state index is 12.2. The molecule has 1 aromatic heterocycles. The molecule has 5 nitrogen and oxygen atoms in total. The zero-order valence-corrected chi connectivity index (χ0v) is 12.9. The van der Waals surface area contributed by atoms with Crippen LogP contribution >= 0.6 is 11.8 Å². The summed E-state index contributed by atoms with van der Waals surface area (Å²) in [5, 5.41) is 17.2. The fourth-order valence-electron chi connectivity index (χ4n) is 2.41. The van der Waals surface area contributed by atoms with Crippen molar-refractivity contribution < 1.29 is 14.4 Å². The lowest BCUT2D eigenvalue weighted by Crippen LogP contribution is -2.48. The highest BCUT2D eigenvalue weighted by Crippen LogP contribution is 2.27. The Bertz CT molecular complexity index is 445. The van der Waals surface area contributed by atoms with Crippen LogP contribution < -0.4 is 5.32 Å². The Morgan fingerprint density at radius 2 is 2.10 bits per heavy atom. The Labute approximate surface area is 123 Å². The molecule has 2 heterocycles. The average molecular weight is 298 g/mol. The van der Waals surface area contributed by atoms with Crippen molar-refractivity contribution in [2.45, 2.75) is 51.7 Å². The molecule has 0 spiro atoms. The van der Waals surface area contributed by atoms with E-state index in [2.05, 4.69) is 10.5 Å². The predicted octanol–water partition coefficient (Wildman–Crippen LogP) is 1.67. The Morgan fingerprint density at radius 3 is 2.70 bits per heavy atom. The Morgan fingerprint density at radius 1 is 1.40 bits per heavy atom. The van der Waals surface area contributed by atoms with Crippen molar-refractivity contribution in [1.29, 1.82) is 0 Å². The number of hydrogen-bond donors (Lipinski definition) is 2. The molecule has 6 heteroatoms. The van der Waals surface area contributed by atoms with Gasteiger partial charge in [-0.3, -0.25) is 4.79 Å². The summed E-state index contributed by atoms with van der Waals surface area (Å²) in [7, 11) is 0. The van der Waals surface area contributed by atoms with E-state index in [0.717, 1.165) is 41.4 Å². The zero-order valence-electron chi connectivity index (χ0n) is 12.1. The van der Waals surface area contributed by atoms with Gasteiger partial charge in [-0.15, -0.1) is 0 Å².